The molecular formula is C13H13Cl2N3O. The smallest absolute Gasteiger partial charge is 0.277 e. The van der Waals surface area contributed by atoms with E-state index in [9.17, 15) is 4.79 Å². The Kier molecular flexibility index (Phi) is 3.83. The molecule has 4 nitrogen and oxygen atoms in total. The lowest BCUT2D eigenvalue weighted by atomic mass is 10.2. The van der Waals surface area contributed by atoms with Gasteiger partial charge >= 0.3 is 0 Å². The van der Waals surface area contributed by atoms with Crippen LogP contribution in [0.5, 0.6) is 0 Å². The second kappa shape index (κ2) is 5.23. The number of hydrogen-bond acceptors (Lipinski definition) is 2. The fraction of sp³-hybridized carbons (Fsp3) is 0.231. The summed E-state index contributed by atoms with van der Waals surface area (Å²) in [6, 6.07) is 5.32. The Morgan fingerprint density at radius 3 is 2.58 bits per heavy atom. The Hall–Kier alpha value is -1.52. The molecule has 1 amide bonds. The maximum absolute atomic E-state index is 12.1. The van der Waals surface area contributed by atoms with Crippen molar-refractivity contribution < 1.29 is 4.79 Å². The van der Waals surface area contributed by atoms with Gasteiger partial charge in [0, 0.05) is 17.8 Å². The maximum atomic E-state index is 12.1. The minimum Gasteiger partial charge on any atom is -0.320 e. The SMILES string of the molecule is Cc1c(Cl)cccc1NC(=O)c1nn(C)c(C)c1Cl. The Labute approximate surface area is 121 Å². The molecule has 0 saturated carbocycles. The molecule has 0 bridgehead atoms. The van der Waals surface area contributed by atoms with Crippen molar-refractivity contribution in [2.24, 2.45) is 7.05 Å². The van der Waals surface area contributed by atoms with Crippen LogP contribution in [0.15, 0.2) is 18.2 Å². The Morgan fingerprint density at radius 2 is 2.00 bits per heavy atom. The summed E-state index contributed by atoms with van der Waals surface area (Å²) in [6.07, 6.45) is 0. The van der Waals surface area contributed by atoms with Gasteiger partial charge in [0.25, 0.3) is 5.91 Å². The van der Waals surface area contributed by atoms with Crippen LogP contribution in [0.25, 0.3) is 0 Å². The molecule has 1 aromatic carbocycles. The number of nitrogens with one attached hydrogen (secondary N) is 1. The Balaban J connectivity index is 2.31. The number of amides is 1. The lowest BCUT2D eigenvalue weighted by molar-refractivity contribution is 0.102. The van der Waals surface area contributed by atoms with Crippen molar-refractivity contribution in [1.82, 2.24) is 9.78 Å². The van der Waals surface area contributed by atoms with Crippen LogP contribution < -0.4 is 5.32 Å². The summed E-state index contributed by atoms with van der Waals surface area (Å²) >= 11 is 12.1. The van der Waals surface area contributed by atoms with Gasteiger partial charge in [-0.2, -0.15) is 5.10 Å². The van der Waals surface area contributed by atoms with Crippen molar-refractivity contribution in [3.63, 3.8) is 0 Å². The van der Waals surface area contributed by atoms with Gasteiger partial charge in [-0.25, -0.2) is 0 Å². The first-order valence-corrected chi connectivity index (χ1v) is 6.43. The summed E-state index contributed by atoms with van der Waals surface area (Å²) in [7, 11) is 1.74. The molecule has 1 aromatic heterocycles. The predicted molar refractivity (Wildman–Crippen MR) is 77.1 cm³/mol. The van der Waals surface area contributed by atoms with E-state index in [2.05, 4.69) is 10.4 Å². The summed E-state index contributed by atoms with van der Waals surface area (Å²) in [5, 5.41) is 7.82. The third kappa shape index (κ3) is 2.60. The minimum absolute atomic E-state index is 0.209. The van der Waals surface area contributed by atoms with Crippen molar-refractivity contribution in [3.8, 4) is 0 Å². The van der Waals surface area contributed by atoms with Crippen LogP contribution in [-0.4, -0.2) is 15.7 Å². The highest BCUT2D eigenvalue weighted by atomic mass is 35.5. The van der Waals surface area contributed by atoms with Gasteiger partial charge < -0.3 is 5.32 Å². The number of aryl methyl sites for hydroxylation is 1. The first-order valence-electron chi connectivity index (χ1n) is 5.67. The van der Waals surface area contributed by atoms with Crippen LogP contribution in [0.1, 0.15) is 21.7 Å². The molecule has 0 saturated heterocycles. The lowest BCUT2D eigenvalue weighted by Gasteiger charge is -2.08. The number of carbonyl (C=O) groups is 1. The second-order valence-electron chi connectivity index (χ2n) is 4.24. The monoisotopic (exact) mass is 297 g/mol. The summed E-state index contributed by atoms with van der Waals surface area (Å²) < 4.78 is 1.57. The molecule has 6 heteroatoms. The van der Waals surface area contributed by atoms with Crippen molar-refractivity contribution in [2.75, 3.05) is 5.32 Å². The van der Waals surface area contributed by atoms with E-state index in [1.54, 1.807) is 36.9 Å². The second-order valence-corrected chi connectivity index (χ2v) is 5.02. The van der Waals surface area contributed by atoms with Crippen molar-refractivity contribution in [1.29, 1.82) is 0 Å². The summed E-state index contributed by atoms with van der Waals surface area (Å²) in [5.74, 6) is -0.348. The van der Waals surface area contributed by atoms with Crippen LogP contribution >= 0.6 is 23.2 Å². The highest BCUT2D eigenvalue weighted by molar-refractivity contribution is 6.35. The third-order valence-corrected chi connectivity index (χ3v) is 3.85. The summed E-state index contributed by atoms with van der Waals surface area (Å²) in [4.78, 5) is 12.1. The van der Waals surface area contributed by atoms with E-state index in [-0.39, 0.29) is 11.6 Å². The topological polar surface area (TPSA) is 46.9 Å². The standard InChI is InChI=1S/C13H13Cl2N3O/c1-7-9(14)5-4-6-10(7)16-13(19)12-11(15)8(2)18(3)17-12/h4-6H,1-3H3,(H,16,19). The Morgan fingerprint density at radius 1 is 1.32 bits per heavy atom. The Bertz CT molecular complexity index is 650. The fourth-order valence-corrected chi connectivity index (χ4v) is 2.07. The van der Waals surface area contributed by atoms with E-state index < -0.39 is 0 Å². The predicted octanol–water partition coefficient (Wildman–Crippen LogP) is 3.60. The first-order chi connectivity index (χ1) is 8.91. The van der Waals surface area contributed by atoms with E-state index >= 15 is 0 Å². The molecule has 0 aliphatic rings. The van der Waals surface area contributed by atoms with E-state index in [0.29, 0.717) is 15.7 Å². The van der Waals surface area contributed by atoms with Gasteiger partial charge in [-0.3, -0.25) is 9.48 Å². The molecule has 0 aliphatic carbocycles. The number of rotatable bonds is 2. The molecule has 0 fully saturated rings. The average molecular weight is 298 g/mol. The molecule has 0 aliphatic heterocycles. The van der Waals surface area contributed by atoms with Gasteiger partial charge in [0.1, 0.15) is 0 Å². The number of aromatic nitrogens is 2. The number of benzene rings is 1. The van der Waals surface area contributed by atoms with Gasteiger partial charge in [0.05, 0.1) is 10.7 Å². The zero-order chi connectivity index (χ0) is 14.2. The molecule has 19 heavy (non-hydrogen) atoms. The third-order valence-electron chi connectivity index (χ3n) is 2.99. The molecule has 0 atom stereocenters. The number of anilines is 1. The largest absolute Gasteiger partial charge is 0.320 e. The summed E-state index contributed by atoms with van der Waals surface area (Å²) in [6.45, 7) is 3.64. The summed E-state index contributed by atoms with van der Waals surface area (Å²) in [5.41, 5.74) is 2.41. The van der Waals surface area contributed by atoms with E-state index in [4.69, 9.17) is 23.2 Å². The van der Waals surface area contributed by atoms with Crippen molar-refractivity contribution >= 4 is 34.8 Å². The quantitative estimate of drug-likeness (QED) is 0.921. The minimum atomic E-state index is -0.348. The van der Waals surface area contributed by atoms with Crippen LogP contribution in [-0.2, 0) is 7.05 Å². The fourth-order valence-electron chi connectivity index (χ4n) is 1.65. The number of halogens is 2. The van der Waals surface area contributed by atoms with Gasteiger partial charge in [0.2, 0.25) is 0 Å². The van der Waals surface area contributed by atoms with Crippen LogP contribution in [0.2, 0.25) is 10.0 Å². The molecule has 1 N–H and O–H groups in total. The molecular weight excluding hydrogens is 285 g/mol. The van der Waals surface area contributed by atoms with Crippen molar-refractivity contribution in [2.45, 2.75) is 13.8 Å². The highest BCUT2D eigenvalue weighted by Gasteiger charge is 2.18. The molecule has 0 radical (unpaired) electrons. The maximum Gasteiger partial charge on any atom is 0.277 e. The molecule has 0 spiro atoms. The normalized spacial score (nSPS) is 10.6. The van der Waals surface area contributed by atoms with Crippen LogP contribution in [0, 0.1) is 13.8 Å². The first kappa shape index (κ1) is 13.9. The zero-order valence-corrected chi connectivity index (χ0v) is 12.3. The van der Waals surface area contributed by atoms with Crippen molar-refractivity contribution in [3.05, 3.63) is 45.2 Å². The average Bonchev–Trinajstić information content (AvgIpc) is 2.63. The van der Waals surface area contributed by atoms with E-state index in [1.807, 2.05) is 6.92 Å². The van der Waals surface area contributed by atoms with Crippen LogP contribution in [0.3, 0.4) is 0 Å². The van der Waals surface area contributed by atoms with Gasteiger partial charge in [-0.05, 0) is 31.5 Å². The molecule has 100 valence electrons. The van der Waals surface area contributed by atoms with E-state index in [1.165, 1.54) is 0 Å². The number of nitrogens with zero attached hydrogens (tertiary/aromatic N) is 2. The number of carbonyl (C=O) groups excluding carboxylic acids is 1. The highest BCUT2D eigenvalue weighted by Crippen LogP contribution is 2.25. The lowest BCUT2D eigenvalue weighted by Crippen LogP contribution is -2.14. The zero-order valence-electron chi connectivity index (χ0n) is 10.8. The van der Waals surface area contributed by atoms with Crippen LogP contribution in [0.4, 0.5) is 5.69 Å². The van der Waals surface area contributed by atoms with Gasteiger partial charge in [-0.1, -0.05) is 29.3 Å². The molecule has 2 aromatic rings. The molecule has 2 rings (SSSR count). The van der Waals surface area contributed by atoms with Gasteiger partial charge in [0.15, 0.2) is 5.69 Å². The molecule has 0 unspecified atom stereocenters. The van der Waals surface area contributed by atoms with Gasteiger partial charge in [-0.15, -0.1) is 0 Å². The molecule has 1 heterocycles. The number of hydrogen-bond donors (Lipinski definition) is 1. The van der Waals surface area contributed by atoms with E-state index in [0.717, 1.165) is 11.3 Å².